The van der Waals surface area contributed by atoms with Gasteiger partial charge in [-0.25, -0.2) is 15.4 Å². The second kappa shape index (κ2) is 8.54. The molecule has 7 heteroatoms. The third kappa shape index (κ3) is 4.16. The van der Waals surface area contributed by atoms with Crippen LogP contribution < -0.4 is 15.8 Å². The van der Waals surface area contributed by atoms with Gasteiger partial charge in [0.2, 0.25) is 0 Å². The minimum absolute atomic E-state index is 0.170. The van der Waals surface area contributed by atoms with Crippen molar-refractivity contribution >= 4 is 5.82 Å². The first-order valence-corrected chi connectivity index (χ1v) is 11.3. The lowest BCUT2D eigenvalue weighted by atomic mass is 9.73. The molecule has 0 spiro atoms. The maximum Gasteiger partial charge on any atom is 0.132 e. The Morgan fingerprint density at radius 2 is 1.84 bits per heavy atom. The first-order valence-electron chi connectivity index (χ1n) is 11.3. The highest BCUT2D eigenvalue weighted by atomic mass is 16.5. The van der Waals surface area contributed by atoms with Gasteiger partial charge in [0.15, 0.2) is 0 Å². The van der Waals surface area contributed by atoms with Crippen LogP contribution in [0, 0.1) is 17.2 Å². The second-order valence-electron chi connectivity index (χ2n) is 9.24. The monoisotopic (exact) mass is 418 g/mol. The minimum atomic E-state index is 0.170. The lowest BCUT2D eigenvalue weighted by molar-refractivity contribution is -0.00547. The smallest absolute Gasteiger partial charge is 0.132 e. The summed E-state index contributed by atoms with van der Waals surface area (Å²) in [4.78, 5) is 11.5. The highest BCUT2D eigenvalue weighted by Gasteiger charge is 2.42. The number of hydrazine groups is 1. The minimum Gasteiger partial charge on any atom is -0.372 e. The molecule has 0 radical (unpaired) electrons. The lowest BCUT2D eigenvalue weighted by Crippen LogP contribution is -2.46. The number of hydrogen-bond donors (Lipinski definition) is 2. The number of nitrogens with zero attached hydrogens (tertiary/aromatic N) is 4. The van der Waals surface area contributed by atoms with E-state index in [0.717, 1.165) is 49.4 Å². The van der Waals surface area contributed by atoms with Crippen LogP contribution >= 0.6 is 0 Å². The molecule has 162 valence electrons. The fourth-order valence-corrected chi connectivity index (χ4v) is 5.55. The number of anilines is 1. The number of ether oxygens (including phenoxy) is 1. The van der Waals surface area contributed by atoms with E-state index in [-0.39, 0.29) is 18.2 Å². The molecule has 4 unspecified atom stereocenters. The zero-order valence-electron chi connectivity index (χ0n) is 18.2. The van der Waals surface area contributed by atoms with Crippen molar-refractivity contribution in [2.75, 3.05) is 18.0 Å². The molecule has 0 bridgehead atoms. The third-order valence-corrected chi connectivity index (χ3v) is 7.00. The van der Waals surface area contributed by atoms with Crippen LogP contribution in [-0.4, -0.2) is 41.3 Å². The van der Waals surface area contributed by atoms with E-state index >= 15 is 0 Å². The summed E-state index contributed by atoms with van der Waals surface area (Å²) in [5.41, 5.74) is 10.2. The molecule has 3 fully saturated rings. The zero-order chi connectivity index (χ0) is 21.4. The van der Waals surface area contributed by atoms with E-state index in [1.807, 2.05) is 12.1 Å². The number of nitriles is 1. The summed E-state index contributed by atoms with van der Waals surface area (Å²) in [6.45, 7) is 5.93. The summed E-state index contributed by atoms with van der Waals surface area (Å²) in [5.74, 6) is 1.97. The van der Waals surface area contributed by atoms with Gasteiger partial charge in [0.05, 0.1) is 35.6 Å². The van der Waals surface area contributed by atoms with E-state index < -0.39 is 0 Å². The highest BCUT2D eigenvalue weighted by Crippen LogP contribution is 2.44. The molecule has 2 aliphatic heterocycles. The summed E-state index contributed by atoms with van der Waals surface area (Å²) in [7, 11) is 0. The maximum atomic E-state index is 9.08. The van der Waals surface area contributed by atoms with Gasteiger partial charge in [-0.3, -0.25) is 5.43 Å². The summed E-state index contributed by atoms with van der Waals surface area (Å²) < 4.78 is 5.88. The van der Waals surface area contributed by atoms with Gasteiger partial charge in [0.1, 0.15) is 12.1 Å². The number of fused-ring (bicyclic) bond motifs is 1. The van der Waals surface area contributed by atoms with E-state index in [1.54, 1.807) is 6.33 Å². The van der Waals surface area contributed by atoms with Crippen LogP contribution in [-0.2, 0) is 4.74 Å². The Balaban J connectivity index is 1.34. The van der Waals surface area contributed by atoms with Gasteiger partial charge in [0, 0.05) is 25.2 Å². The fraction of sp³-hybridized carbons (Fsp3) is 0.542. The molecule has 7 nitrogen and oxygen atoms in total. The summed E-state index contributed by atoms with van der Waals surface area (Å²) in [6, 6.07) is 13.1. The number of aromatic nitrogens is 2. The molecular weight excluding hydrogens is 388 g/mol. The first kappa shape index (κ1) is 20.4. The molecule has 31 heavy (non-hydrogen) atoms. The van der Waals surface area contributed by atoms with Crippen LogP contribution in [0.5, 0.6) is 0 Å². The molecule has 1 aliphatic carbocycles. The van der Waals surface area contributed by atoms with Crippen LogP contribution in [0.2, 0.25) is 0 Å². The summed E-state index contributed by atoms with van der Waals surface area (Å²) in [6.07, 6.45) is 5.49. The van der Waals surface area contributed by atoms with Crippen LogP contribution in [0.25, 0.3) is 0 Å². The fourth-order valence-electron chi connectivity index (χ4n) is 5.55. The first-order chi connectivity index (χ1) is 15.1. The molecule has 3 heterocycles. The van der Waals surface area contributed by atoms with Crippen molar-refractivity contribution in [2.24, 2.45) is 5.92 Å². The number of hydrogen-bond acceptors (Lipinski definition) is 7. The van der Waals surface area contributed by atoms with Crippen LogP contribution in [0.3, 0.4) is 0 Å². The Kier molecular flexibility index (Phi) is 5.61. The van der Waals surface area contributed by atoms with E-state index in [1.165, 1.54) is 5.56 Å². The van der Waals surface area contributed by atoms with E-state index in [0.29, 0.717) is 17.9 Å². The molecule has 3 aliphatic rings. The van der Waals surface area contributed by atoms with Crippen molar-refractivity contribution < 1.29 is 4.74 Å². The van der Waals surface area contributed by atoms with Crippen molar-refractivity contribution in [1.29, 1.82) is 5.26 Å². The van der Waals surface area contributed by atoms with Crippen LogP contribution in [0.1, 0.15) is 61.9 Å². The maximum absolute atomic E-state index is 9.08. The van der Waals surface area contributed by atoms with Gasteiger partial charge in [0.25, 0.3) is 0 Å². The molecule has 1 aromatic heterocycles. The number of benzene rings is 1. The molecule has 1 aromatic carbocycles. The van der Waals surface area contributed by atoms with E-state index in [9.17, 15) is 0 Å². The predicted molar refractivity (Wildman–Crippen MR) is 118 cm³/mol. The Morgan fingerprint density at radius 3 is 2.58 bits per heavy atom. The number of morpholine rings is 1. The van der Waals surface area contributed by atoms with Crippen molar-refractivity contribution in [3.05, 3.63) is 53.5 Å². The van der Waals surface area contributed by atoms with Gasteiger partial charge in [-0.2, -0.15) is 5.26 Å². The molecule has 0 amide bonds. The summed E-state index contributed by atoms with van der Waals surface area (Å²) in [5, 5.41) is 9.08. The van der Waals surface area contributed by atoms with Crippen molar-refractivity contribution in [1.82, 2.24) is 20.8 Å². The molecule has 6 atom stereocenters. The van der Waals surface area contributed by atoms with Crippen molar-refractivity contribution in [3.63, 3.8) is 0 Å². The average molecular weight is 419 g/mol. The third-order valence-electron chi connectivity index (χ3n) is 7.00. The molecule has 2 N–H and O–H groups in total. The van der Waals surface area contributed by atoms with Crippen molar-refractivity contribution in [3.8, 4) is 6.07 Å². The molecular formula is C24H30N6O. The summed E-state index contributed by atoms with van der Waals surface area (Å²) >= 11 is 0. The molecule has 1 saturated carbocycles. The van der Waals surface area contributed by atoms with Crippen molar-refractivity contribution in [2.45, 2.75) is 63.3 Å². The standard InChI is InChI=1S/C24H30N6O/c1-15-12-30(13-16(2)31-15)23-10-22(26-14-27-23)24-20-9-19(7-8-21(20)28-29-24)18-5-3-17(11-25)4-6-18/h3-6,10,14-16,19-21,24,28-29H,7-9,12-13H2,1-2H3/t15-,16+,19?,20?,21?,24?. The van der Waals surface area contributed by atoms with Gasteiger partial charge >= 0.3 is 0 Å². The van der Waals surface area contributed by atoms with Gasteiger partial charge < -0.3 is 9.64 Å². The van der Waals surface area contributed by atoms with Crippen LogP contribution in [0.15, 0.2) is 36.7 Å². The number of nitrogens with one attached hydrogen (secondary N) is 2. The number of rotatable bonds is 3. The SMILES string of the molecule is C[C@@H]1CN(c2cc(C3NNC4CCC(c5ccc(C#N)cc5)CC43)ncn2)C[C@H](C)O1. The normalized spacial score (nSPS) is 33.0. The molecule has 2 saturated heterocycles. The topological polar surface area (TPSA) is 86.1 Å². The Labute approximate surface area is 183 Å². The lowest BCUT2D eigenvalue weighted by Gasteiger charge is -2.36. The Hall–Kier alpha value is -2.53. The van der Waals surface area contributed by atoms with Gasteiger partial charge in [-0.05, 0) is 62.6 Å². The van der Waals surface area contributed by atoms with Gasteiger partial charge in [-0.1, -0.05) is 12.1 Å². The Bertz CT molecular complexity index is 947. The average Bonchev–Trinajstić information content (AvgIpc) is 3.22. The molecule has 5 rings (SSSR count). The quantitative estimate of drug-likeness (QED) is 0.792. The van der Waals surface area contributed by atoms with Gasteiger partial charge in [-0.15, -0.1) is 0 Å². The highest BCUT2D eigenvalue weighted by molar-refractivity contribution is 5.41. The largest absolute Gasteiger partial charge is 0.372 e. The zero-order valence-corrected chi connectivity index (χ0v) is 18.2. The van der Waals surface area contributed by atoms with E-state index in [4.69, 9.17) is 10.00 Å². The second-order valence-corrected chi connectivity index (χ2v) is 9.24. The molecule has 2 aromatic rings. The Morgan fingerprint density at radius 1 is 1.06 bits per heavy atom. The van der Waals surface area contributed by atoms with E-state index in [2.05, 4.69) is 63.8 Å². The van der Waals surface area contributed by atoms with Crippen LogP contribution in [0.4, 0.5) is 5.82 Å². The predicted octanol–water partition coefficient (Wildman–Crippen LogP) is 3.06.